The highest BCUT2D eigenvalue weighted by molar-refractivity contribution is 5.72. The SMILES string of the molecule is C=C(CC1NC(=C)c2ccccc21)c1ccc(C(F)(F)F)cc1. The maximum Gasteiger partial charge on any atom is 0.416 e. The Bertz CT molecular complexity index is 757. The highest BCUT2D eigenvalue weighted by Crippen LogP contribution is 2.37. The first-order valence-electron chi connectivity index (χ1n) is 7.26. The molecule has 3 rings (SSSR count). The van der Waals surface area contributed by atoms with E-state index in [1.165, 1.54) is 12.1 Å². The molecule has 1 nitrogen and oxygen atoms in total. The maximum absolute atomic E-state index is 12.6. The topological polar surface area (TPSA) is 12.0 Å². The Labute approximate surface area is 133 Å². The first kappa shape index (κ1) is 15.4. The van der Waals surface area contributed by atoms with Crippen molar-refractivity contribution in [2.75, 3.05) is 0 Å². The molecule has 0 aliphatic carbocycles. The summed E-state index contributed by atoms with van der Waals surface area (Å²) in [5, 5.41) is 3.32. The Morgan fingerprint density at radius 3 is 2.35 bits per heavy atom. The third kappa shape index (κ3) is 3.02. The number of benzene rings is 2. The van der Waals surface area contributed by atoms with Gasteiger partial charge >= 0.3 is 6.18 Å². The van der Waals surface area contributed by atoms with Crippen LogP contribution in [0.5, 0.6) is 0 Å². The van der Waals surface area contributed by atoms with E-state index < -0.39 is 11.7 Å². The van der Waals surface area contributed by atoms with Crippen LogP contribution in [0.25, 0.3) is 11.3 Å². The van der Waals surface area contributed by atoms with E-state index in [4.69, 9.17) is 0 Å². The molecule has 0 bridgehead atoms. The zero-order valence-electron chi connectivity index (χ0n) is 12.5. The van der Waals surface area contributed by atoms with Crippen LogP contribution in [0.4, 0.5) is 13.2 Å². The van der Waals surface area contributed by atoms with Crippen molar-refractivity contribution < 1.29 is 13.2 Å². The van der Waals surface area contributed by atoms with Crippen LogP contribution in [-0.2, 0) is 6.18 Å². The lowest BCUT2D eigenvalue weighted by Gasteiger charge is -2.15. The molecule has 1 aliphatic heterocycles. The van der Waals surface area contributed by atoms with E-state index >= 15 is 0 Å². The minimum absolute atomic E-state index is 0.0495. The molecular weight excluding hydrogens is 299 g/mol. The predicted octanol–water partition coefficient (Wildman–Crippen LogP) is 5.42. The van der Waals surface area contributed by atoms with Crippen molar-refractivity contribution in [1.82, 2.24) is 5.32 Å². The molecule has 118 valence electrons. The quantitative estimate of drug-likeness (QED) is 0.797. The average molecular weight is 315 g/mol. The van der Waals surface area contributed by atoms with Crippen molar-refractivity contribution in [2.45, 2.75) is 18.6 Å². The second kappa shape index (κ2) is 5.61. The Morgan fingerprint density at radius 1 is 1.04 bits per heavy atom. The molecule has 0 fully saturated rings. The number of rotatable bonds is 3. The van der Waals surface area contributed by atoms with Crippen molar-refractivity contribution in [3.8, 4) is 0 Å². The Morgan fingerprint density at radius 2 is 1.70 bits per heavy atom. The zero-order chi connectivity index (χ0) is 16.6. The molecule has 0 saturated heterocycles. The fourth-order valence-corrected chi connectivity index (χ4v) is 2.86. The third-order valence-electron chi connectivity index (χ3n) is 4.08. The van der Waals surface area contributed by atoms with Crippen LogP contribution in [-0.4, -0.2) is 0 Å². The Balaban J connectivity index is 1.77. The van der Waals surface area contributed by atoms with Gasteiger partial charge in [0, 0.05) is 11.3 Å². The minimum Gasteiger partial charge on any atom is -0.378 e. The molecule has 0 radical (unpaired) electrons. The summed E-state index contributed by atoms with van der Waals surface area (Å²) in [5.74, 6) is 0. The van der Waals surface area contributed by atoms with Gasteiger partial charge in [-0.2, -0.15) is 13.2 Å². The third-order valence-corrected chi connectivity index (χ3v) is 4.08. The average Bonchev–Trinajstić information content (AvgIpc) is 2.83. The van der Waals surface area contributed by atoms with E-state index in [0.717, 1.165) is 40.1 Å². The number of halogens is 3. The van der Waals surface area contributed by atoms with Gasteiger partial charge < -0.3 is 5.32 Å². The zero-order valence-corrected chi connectivity index (χ0v) is 12.5. The lowest BCUT2D eigenvalue weighted by molar-refractivity contribution is -0.137. The van der Waals surface area contributed by atoms with Gasteiger partial charge in [0.05, 0.1) is 11.6 Å². The van der Waals surface area contributed by atoms with Gasteiger partial charge in [0.15, 0.2) is 0 Å². The summed E-state index contributed by atoms with van der Waals surface area (Å²) in [7, 11) is 0. The van der Waals surface area contributed by atoms with Crippen LogP contribution in [0.15, 0.2) is 61.7 Å². The van der Waals surface area contributed by atoms with Crippen LogP contribution in [0, 0.1) is 0 Å². The molecule has 23 heavy (non-hydrogen) atoms. The summed E-state index contributed by atoms with van der Waals surface area (Å²) in [6.07, 6.45) is -3.70. The molecule has 0 saturated carbocycles. The fourth-order valence-electron chi connectivity index (χ4n) is 2.86. The number of alkyl halides is 3. The predicted molar refractivity (Wildman–Crippen MR) is 86.4 cm³/mol. The molecular formula is C19H16F3N. The first-order valence-corrected chi connectivity index (χ1v) is 7.26. The van der Waals surface area contributed by atoms with E-state index in [0.29, 0.717) is 6.42 Å². The van der Waals surface area contributed by atoms with E-state index in [2.05, 4.69) is 18.5 Å². The second-order valence-electron chi connectivity index (χ2n) is 5.65. The molecule has 0 spiro atoms. The van der Waals surface area contributed by atoms with Crippen molar-refractivity contribution in [2.24, 2.45) is 0 Å². The van der Waals surface area contributed by atoms with Crippen LogP contribution in [0.3, 0.4) is 0 Å². The van der Waals surface area contributed by atoms with Gasteiger partial charge in [-0.25, -0.2) is 0 Å². The van der Waals surface area contributed by atoms with E-state index in [1.54, 1.807) is 0 Å². The standard InChI is InChI=1S/C19H16F3N/c1-12(14-7-9-15(10-8-14)19(20,21)22)11-18-17-6-4-3-5-16(17)13(2)23-18/h3-10,18,23H,1-2,11H2. The lowest BCUT2D eigenvalue weighted by atomic mass is 9.95. The van der Waals surface area contributed by atoms with Crippen LogP contribution in [0.2, 0.25) is 0 Å². The normalized spacial score (nSPS) is 16.8. The van der Waals surface area contributed by atoms with Gasteiger partial charge in [0.2, 0.25) is 0 Å². The fraction of sp³-hybridized carbons (Fsp3) is 0.158. The van der Waals surface area contributed by atoms with Gasteiger partial charge in [-0.05, 0) is 35.3 Å². The molecule has 1 aliphatic rings. The van der Waals surface area contributed by atoms with Gasteiger partial charge in [-0.3, -0.25) is 0 Å². The molecule has 0 aromatic heterocycles. The van der Waals surface area contributed by atoms with Crippen LogP contribution in [0.1, 0.15) is 34.7 Å². The van der Waals surface area contributed by atoms with Crippen LogP contribution < -0.4 is 5.32 Å². The second-order valence-corrected chi connectivity index (χ2v) is 5.65. The van der Waals surface area contributed by atoms with Crippen LogP contribution >= 0.6 is 0 Å². The van der Waals surface area contributed by atoms with Crippen molar-refractivity contribution >= 4 is 11.3 Å². The van der Waals surface area contributed by atoms with Crippen molar-refractivity contribution in [1.29, 1.82) is 0 Å². The van der Waals surface area contributed by atoms with Gasteiger partial charge in [0.1, 0.15) is 0 Å². The lowest BCUT2D eigenvalue weighted by Crippen LogP contribution is -2.11. The number of fused-ring (bicyclic) bond motifs is 1. The molecule has 2 aromatic carbocycles. The number of hydrogen-bond acceptors (Lipinski definition) is 1. The molecule has 1 atom stereocenters. The first-order chi connectivity index (χ1) is 10.9. The highest BCUT2D eigenvalue weighted by atomic mass is 19.4. The maximum atomic E-state index is 12.6. The van der Waals surface area contributed by atoms with E-state index in [1.807, 2.05) is 24.3 Å². The summed E-state index contributed by atoms with van der Waals surface area (Å²) >= 11 is 0. The molecule has 1 heterocycles. The van der Waals surface area contributed by atoms with Crippen molar-refractivity contribution in [3.05, 3.63) is 83.9 Å². The van der Waals surface area contributed by atoms with Crippen molar-refractivity contribution in [3.63, 3.8) is 0 Å². The monoisotopic (exact) mass is 315 g/mol. The highest BCUT2D eigenvalue weighted by Gasteiger charge is 2.30. The molecule has 2 aromatic rings. The van der Waals surface area contributed by atoms with E-state index in [9.17, 15) is 13.2 Å². The summed E-state index contributed by atoms with van der Waals surface area (Å²) in [6.45, 7) is 8.03. The molecule has 1 unspecified atom stereocenters. The largest absolute Gasteiger partial charge is 0.416 e. The Kier molecular flexibility index (Phi) is 3.76. The number of hydrogen-bond donors (Lipinski definition) is 1. The summed E-state index contributed by atoms with van der Waals surface area (Å²) < 4.78 is 37.8. The smallest absolute Gasteiger partial charge is 0.378 e. The summed E-state index contributed by atoms with van der Waals surface area (Å²) in [4.78, 5) is 0. The molecule has 0 amide bonds. The number of nitrogens with one attached hydrogen (secondary N) is 1. The van der Waals surface area contributed by atoms with E-state index in [-0.39, 0.29) is 6.04 Å². The minimum atomic E-state index is -4.32. The van der Waals surface area contributed by atoms with Gasteiger partial charge in [0.25, 0.3) is 0 Å². The molecule has 4 heteroatoms. The summed E-state index contributed by atoms with van der Waals surface area (Å²) in [6, 6.07) is 13.1. The van der Waals surface area contributed by atoms with Gasteiger partial charge in [-0.15, -0.1) is 0 Å². The molecule has 1 N–H and O–H groups in total. The van der Waals surface area contributed by atoms with Gasteiger partial charge in [-0.1, -0.05) is 49.6 Å². The summed E-state index contributed by atoms with van der Waals surface area (Å²) in [5.41, 5.74) is 3.95. The Hall–Kier alpha value is -2.49.